The van der Waals surface area contributed by atoms with Crippen LogP contribution in [0.4, 0.5) is 11.4 Å². The zero-order chi connectivity index (χ0) is 23.4. The van der Waals surface area contributed by atoms with Gasteiger partial charge in [-0.25, -0.2) is 0 Å². The van der Waals surface area contributed by atoms with Gasteiger partial charge in [-0.15, -0.1) is 0 Å². The molecule has 0 spiro atoms. The van der Waals surface area contributed by atoms with Crippen LogP contribution < -0.4 is 24.4 Å². The van der Waals surface area contributed by atoms with E-state index in [1.807, 2.05) is 24.3 Å². The van der Waals surface area contributed by atoms with E-state index >= 15 is 0 Å². The lowest BCUT2D eigenvalue weighted by molar-refractivity contribution is -0.125. The number of nitrogens with zero attached hydrogens (tertiary/aromatic N) is 1. The second-order valence-electron chi connectivity index (χ2n) is 7.48. The highest BCUT2D eigenvalue weighted by molar-refractivity contribution is 6.30. The van der Waals surface area contributed by atoms with Crippen molar-refractivity contribution in [2.24, 2.45) is 0 Å². The Morgan fingerprint density at radius 1 is 1.09 bits per heavy atom. The summed E-state index contributed by atoms with van der Waals surface area (Å²) >= 11 is 6.11. The maximum Gasteiger partial charge on any atom is 0.268 e. The molecule has 7 nitrogen and oxygen atoms in total. The minimum Gasteiger partial charge on any atom is -0.493 e. The van der Waals surface area contributed by atoms with Gasteiger partial charge < -0.3 is 24.4 Å². The Balaban J connectivity index is 1.50. The van der Waals surface area contributed by atoms with Crippen molar-refractivity contribution < 1.29 is 23.8 Å². The molecule has 170 valence electrons. The zero-order valence-electron chi connectivity index (χ0n) is 18.2. The predicted octanol–water partition coefficient (Wildman–Crippen LogP) is 4.68. The van der Waals surface area contributed by atoms with Gasteiger partial charge in [-0.05, 0) is 55.0 Å². The van der Waals surface area contributed by atoms with Gasteiger partial charge in [0.25, 0.3) is 11.8 Å². The molecule has 3 aromatic rings. The number of carbonyl (C=O) groups is 2. The summed E-state index contributed by atoms with van der Waals surface area (Å²) in [6.07, 6.45) is -0.619. The fraction of sp³-hybridized carbons (Fsp3) is 0.200. The molecule has 0 aliphatic carbocycles. The van der Waals surface area contributed by atoms with E-state index < -0.39 is 6.10 Å². The van der Waals surface area contributed by atoms with Crippen molar-refractivity contribution in [3.63, 3.8) is 0 Å². The highest BCUT2D eigenvalue weighted by Gasteiger charge is 2.32. The van der Waals surface area contributed by atoms with Crippen LogP contribution in [0.25, 0.3) is 0 Å². The highest BCUT2D eigenvalue weighted by Crippen LogP contribution is 2.37. The number of anilines is 2. The molecule has 0 radical (unpaired) electrons. The van der Waals surface area contributed by atoms with Gasteiger partial charge in [-0.1, -0.05) is 35.9 Å². The fourth-order valence-corrected chi connectivity index (χ4v) is 3.76. The van der Waals surface area contributed by atoms with Crippen LogP contribution in [0.15, 0.2) is 66.7 Å². The van der Waals surface area contributed by atoms with E-state index in [1.165, 1.54) is 7.11 Å². The van der Waals surface area contributed by atoms with Crippen molar-refractivity contribution in [3.05, 3.63) is 77.3 Å². The van der Waals surface area contributed by atoms with E-state index in [9.17, 15) is 9.59 Å². The number of nitrogens with one attached hydrogen (secondary N) is 1. The molecule has 33 heavy (non-hydrogen) atoms. The molecule has 4 rings (SSSR count). The number of amides is 2. The van der Waals surface area contributed by atoms with Gasteiger partial charge >= 0.3 is 0 Å². The normalized spacial score (nSPS) is 14.8. The molecule has 1 aliphatic heterocycles. The molecule has 0 bridgehead atoms. The van der Waals surface area contributed by atoms with Crippen LogP contribution in [0, 0.1) is 0 Å². The quantitative estimate of drug-likeness (QED) is 0.547. The summed E-state index contributed by atoms with van der Waals surface area (Å²) in [7, 11) is 1.54. The Morgan fingerprint density at radius 3 is 2.64 bits per heavy atom. The summed E-state index contributed by atoms with van der Waals surface area (Å²) in [5.74, 6) is 1.05. The number of hydrogen-bond donors (Lipinski definition) is 1. The first-order valence-corrected chi connectivity index (χ1v) is 10.7. The van der Waals surface area contributed by atoms with Crippen molar-refractivity contribution >= 4 is 34.8 Å². The minimum atomic E-state index is -0.619. The molecule has 0 saturated carbocycles. The average molecular weight is 467 g/mol. The van der Waals surface area contributed by atoms with Crippen LogP contribution >= 0.6 is 11.6 Å². The molecule has 1 aliphatic rings. The van der Waals surface area contributed by atoms with E-state index in [0.29, 0.717) is 40.2 Å². The van der Waals surface area contributed by atoms with E-state index in [0.717, 1.165) is 5.56 Å². The standard InChI is InChI=1S/C25H23ClN2O5/c1-16-25(30)28(14-17-6-5-7-18(26)12-17)20-13-19(10-11-21(20)33-16)27-24(29)15-32-23-9-4-3-8-22(23)31-2/h3-13,16H,14-15H2,1-2H3,(H,27,29). The Bertz CT molecular complexity index is 1180. The van der Waals surface area contributed by atoms with Gasteiger partial charge in [0.15, 0.2) is 24.2 Å². The monoisotopic (exact) mass is 466 g/mol. The van der Waals surface area contributed by atoms with Crippen LogP contribution in [0.3, 0.4) is 0 Å². The van der Waals surface area contributed by atoms with E-state index in [4.69, 9.17) is 25.8 Å². The Kier molecular flexibility index (Phi) is 6.70. The van der Waals surface area contributed by atoms with Crippen LogP contribution in [0.2, 0.25) is 5.02 Å². The highest BCUT2D eigenvalue weighted by atomic mass is 35.5. The van der Waals surface area contributed by atoms with Crippen molar-refractivity contribution in [3.8, 4) is 17.2 Å². The van der Waals surface area contributed by atoms with Crippen LogP contribution in [-0.2, 0) is 16.1 Å². The van der Waals surface area contributed by atoms with Crippen molar-refractivity contribution in [2.45, 2.75) is 19.6 Å². The maximum atomic E-state index is 12.9. The molecule has 0 fully saturated rings. The van der Waals surface area contributed by atoms with Gasteiger partial charge in [-0.2, -0.15) is 0 Å². The number of rotatable bonds is 7. The van der Waals surface area contributed by atoms with Crippen LogP contribution in [0.1, 0.15) is 12.5 Å². The summed E-state index contributed by atoms with van der Waals surface area (Å²) in [4.78, 5) is 27.0. The number of benzene rings is 3. The van der Waals surface area contributed by atoms with E-state index in [1.54, 1.807) is 54.3 Å². The van der Waals surface area contributed by atoms with E-state index in [2.05, 4.69) is 5.32 Å². The summed E-state index contributed by atoms with van der Waals surface area (Å²) in [5, 5.41) is 3.39. The Labute approximate surface area is 196 Å². The molecule has 1 heterocycles. The molecule has 2 amide bonds. The van der Waals surface area contributed by atoms with Crippen molar-refractivity contribution in [2.75, 3.05) is 23.9 Å². The molecular weight excluding hydrogens is 444 g/mol. The third-order valence-corrected chi connectivity index (χ3v) is 5.34. The minimum absolute atomic E-state index is 0.176. The second kappa shape index (κ2) is 9.83. The summed E-state index contributed by atoms with van der Waals surface area (Å²) in [6.45, 7) is 1.84. The number of para-hydroxylation sites is 2. The molecule has 1 atom stereocenters. The van der Waals surface area contributed by atoms with Crippen molar-refractivity contribution in [1.29, 1.82) is 0 Å². The number of ether oxygens (including phenoxy) is 3. The van der Waals surface area contributed by atoms with Crippen molar-refractivity contribution in [1.82, 2.24) is 0 Å². The Hall–Kier alpha value is -3.71. The number of hydrogen-bond acceptors (Lipinski definition) is 5. The average Bonchev–Trinajstić information content (AvgIpc) is 2.81. The third kappa shape index (κ3) is 5.21. The molecule has 1 N–H and O–H groups in total. The van der Waals surface area contributed by atoms with Gasteiger partial charge in [0, 0.05) is 10.7 Å². The Morgan fingerprint density at radius 2 is 1.88 bits per heavy atom. The topological polar surface area (TPSA) is 77.1 Å². The van der Waals surface area contributed by atoms with Gasteiger partial charge in [0.2, 0.25) is 0 Å². The molecular formula is C25H23ClN2O5. The van der Waals surface area contributed by atoms with Gasteiger partial charge in [0.1, 0.15) is 5.75 Å². The van der Waals surface area contributed by atoms with Gasteiger partial charge in [-0.3, -0.25) is 9.59 Å². The van der Waals surface area contributed by atoms with Crippen LogP contribution in [-0.4, -0.2) is 31.6 Å². The molecule has 1 unspecified atom stereocenters. The number of fused-ring (bicyclic) bond motifs is 1. The van der Waals surface area contributed by atoms with Crippen LogP contribution in [0.5, 0.6) is 17.2 Å². The smallest absolute Gasteiger partial charge is 0.268 e. The molecule has 0 saturated heterocycles. The third-order valence-electron chi connectivity index (χ3n) is 5.11. The fourth-order valence-electron chi connectivity index (χ4n) is 3.54. The first kappa shape index (κ1) is 22.5. The summed E-state index contributed by atoms with van der Waals surface area (Å²) < 4.78 is 16.6. The largest absolute Gasteiger partial charge is 0.493 e. The lowest BCUT2D eigenvalue weighted by atomic mass is 10.1. The maximum absolute atomic E-state index is 12.9. The van der Waals surface area contributed by atoms with E-state index in [-0.39, 0.29) is 18.4 Å². The second-order valence-corrected chi connectivity index (χ2v) is 7.92. The molecule has 3 aromatic carbocycles. The summed E-state index contributed by atoms with van der Waals surface area (Å²) in [6, 6.07) is 19.6. The van der Waals surface area contributed by atoms with Gasteiger partial charge in [0.05, 0.1) is 19.3 Å². The number of methoxy groups -OCH3 is 1. The lowest BCUT2D eigenvalue weighted by Crippen LogP contribution is -2.44. The molecule has 8 heteroatoms. The predicted molar refractivity (Wildman–Crippen MR) is 126 cm³/mol. The number of halogens is 1. The molecule has 0 aromatic heterocycles. The SMILES string of the molecule is COc1ccccc1OCC(=O)Nc1ccc2c(c1)N(Cc1cccc(Cl)c1)C(=O)C(C)O2. The summed E-state index contributed by atoms with van der Waals surface area (Å²) in [5.41, 5.74) is 1.97. The zero-order valence-corrected chi connectivity index (χ0v) is 19.0. The first-order chi connectivity index (χ1) is 15.9. The number of carbonyl (C=O) groups excluding carboxylic acids is 2. The first-order valence-electron chi connectivity index (χ1n) is 10.4. The lowest BCUT2D eigenvalue weighted by Gasteiger charge is -2.33.